The van der Waals surface area contributed by atoms with Crippen LogP contribution >= 0.6 is 0 Å². The Morgan fingerprint density at radius 3 is 2.40 bits per heavy atom. The first-order valence-electron chi connectivity index (χ1n) is 7.30. The van der Waals surface area contributed by atoms with Crippen molar-refractivity contribution in [1.82, 2.24) is 0 Å². The maximum atomic E-state index is 2.43. The Bertz CT molecular complexity index is 745. The minimum absolute atomic E-state index is 0.896. The van der Waals surface area contributed by atoms with Gasteiger partial charge in [-0.25, -0.2) is 0 Å². The molecule has 1 nitrogen and oxygen atoms in total. The molecule has 0 radical (unpaired) electrons. The van der Waals surface area contributed by atoms with E-state index >= 15 is 0 Å². The summed E-state index contributed by atoms with van der Waals surface area (Å²) in [5, 5.41) is 0. The fourth-order valence-electron chi connectivity index (χ4n) is 3.59. The van der Waals surface area contributed by atoms with Gasteiger partial charge in [0.2, 0.25) is 0 Å². The van der Waals surface area contributed by atoms with E-state index in [0.29, 0.717) is 0 Å². The van der Waals surface area contributed by atoms with E-state index in [9.17, 15) is 0 Å². The summed E-state index contributed by atoms with van der Waals surface area (Å²) in [6, 6.07) is 13.7. The fraction of sp³-hybridized carbons (Fsp3) is 0.263. The van der Waals surface area contributed by atoms with Crippen LogP contribution in [0.5, 0.6) is 0 Å². The molecule has 0 saturated heterocycles. The molecule has 0 atom stereocenters. The summed E-state index contributed by atoms with van der Waals surface area (Å²) in [7, 11) is 6.76. The number of nitrogens with zero attached hydrogens (tertiary/aromatic N) is 1. The maximum Gasteiger partial charge on any atom is 0.136 e. The van der Waals surface area contributed by atoms with Crippen molar-refractivity contribution in [3.63, 3.8) is 0 Å². The number of fused-ring (bicyclic) bond motifs is 4. The van der Waals surface area contributed by atoms with Crippen LogP contribution in [0.3, 0.4) is 0 Å². The van der Waals surface area contributed by atoms with Crippen LogP contribution in [0.1, 0.15) is 22.3 Å². The molecule has 2 aromatic carbocycles. The Labute approximate surface area is 120 Å². The van der Waals surface area contributed by atoms with Gasteiger partial charge in [0.15, 0.2) is 0 Å². The van der Waals surface area contributed by atoms with Crippen LogP contribution < -0.4 is 0 Å². The molecule has 0 aliphatic heterocycles. The van der Waals surface area contributed by atoms with Gasteiger partial charge in [0.25, 0.3) is 0 Å². The molecular formula is C19H20N+. The highest BCUT2D eigenvalue weighted by Crippen LogP contribution is 2.42. The summed E-state index contributed by atoms with van der Waals surface area (Å²) >= 11 is 0. The smallest absolute Gasteiger partial charge is 0.136 e. The SMILES string of the molecule is C[N+](C)(C)C1=CCc2cc3c(cc21)-c1ccccc1C3. The van der Waals surface area contributed by atoms with Crippen molar-refractivity contribution in [2.75, 3.05) is 21.1 Å². The zero-order chi connectivity index (χ0) is 13.9. The average molecular weight is 262 g/mol. The Morgan fingerprint density at radius 1 is 0.800 bits per heavy atom. The average Bonchev–Trinajstić information content (AvgIpc) is 2.95. The van der Waals surface area contributed by atoms with Crippen molar-refractivity contribution in [2.24, 2.45) is 0 Å². The van der Waals surface area contributed by atoms with Gasteiger partial charge >= 0.3 is 0 Å². The minimum atomic E-state index is 0.896. The molecule has 4 rings (SSSR count). The molecule has 0 saturated carbocycles. The van der Waals surface area contributed by atoms with Crippen LogP contribution in [0.4, 0.5) is 0 Å². The van der Waals surface area contributed by atoms with Crippen LogP contribution in [0.15, 0.2) is 42.5 Å². The van der Waals surface area contributed by atoms with Gasteiger partial charge in [0, 0.05) is 5.56 Å². The topological polar surface area (TPSA) is 0 Å². The molecule has 1 heteroatoms. The van der Waals surface area contributed by atoms with E-state index in [2.05, 4.69) is 63.6 Å². The Hall–Kier alpha value is -1.86. The summed E-state index contributed by atoms with van der Waals surface area (Å²) in [5.41, 5.74) is 10.3. The number of quaternary nitrogens is 1. The van der Waals surface area contributed by atoms with Crippen molar-refractivity contribution in [3.8, 4) is 11.1 Å². The molecule has 0 bridgehead atoms. The lowest BCUT2D eigenvalue weighted by Gasteiger charge is -2.25. The molecule has 20 heavy (non-hydrogen) atoms. The van der Waals surface area contributed by atoms with Crippen molar-refractivity contribution < 1.29 is 4.48 Å². The second-order valence-corrected chi connectivity index (χ2v) is 6.81. The van der Waals surface area contributed by atoms with Crippen molar-refractivity contribution >= 4 is 5.70 Å². The zero-order valence-electron chi connectivity index (χ0n) is 12.4. The highest BCUT2D eigenvalue weighted by atomic mass is 15.3. The van der Waals surface area contributed by atoms with E-state index in [1.54, 1.807) is 0 Å². The quantitative estimate of drug-likeness (QED) is 0.584. The number of hydrogen-bond donors (Lipinski definition) is 0. The first-order chi connectivity index (χ1) is 9.54. The van der Waals surface area contributed by atoms with Crippen LogP contribution in [-0.2, 0) is 12.8 Å². The third-order valence-corrected chi connectivity index (χ3v) is 4.53. The molecule has 2 aliphatic rings. The van der Waals surface area contributed by atoms with E-state index < -0.39 is 0 Å². The largest absolute Gasteiger partial charge is 0.298 e. The molecule has 100 valence electrons. The number of benzene rings is 2. The van der Waals surface area contributed by atoms with Gasteiger partial charge in [-0.1, -0.05) is 30.3 Å². The van der Waals surface area contributed by atoms with Crippen LogP contribution in [-0.4, -0.2) is 25.6 Å². The Balaban J connectivity index is 1.91. The van der Waals surface area contributed by atoms with Crippen molar-refractivity contribution in [2.45, 2.75) is 12.8 Å². The number of hydrogen-bond acceptors (Lipinski definition) is 0. The van der Waals surface area contributed by atoms with Gasteiger partial charge in [-0.3, -0.25) is 4.48 Å². The van der Waals surface area contributed by atoms with Crippen molar-refractivity contribution in [3.05, 3.63) is 64.7 Å². The molecule has 0 N–H and O–H groups in total. The monoisotopic (exact) mass is 262 g/mol. The van der Waals surface area contributed by atoms with Gasteiger partial charge in [0.1, 0.15) is 5.70 Å². The fourth-order valence-corrected chi connectivity index (χ4v) is 3.59. The number of rotatable bonds is 1. The normalized spacial score (nSPS) is 15.7. The molecule has 0 unspecified atom stereocenters. The van der Waals surface area contributed by atoms with Crippen LogP contribution in [0.25, 0.3) is 16.8 Å². The maximum absolute atomic E-state index is 2.43. The van der Waals surface area contributed by atoms with Crippen LogP contribution in [0, 0.1) is 0 Å². The minimum Gasteiger partial charge on any atom is -0.298 e. The first-order valence-corrected chi connectivity index (χ1v) is 7.30. The lowest BCUT2D eigenvalue weighted by molar-refractivity contribution is -0.796. The highest BCUT2D eigenvalue weighted by Gasteiger charge is 2.29. The molecule has 0 heterocycles. The summed E-state index contributed by atoms with van der Waals surface area (Å²) in [5.74, 6) is 0. The molecule has 0 amide bonds. The Kier molecular flexibility index (Phi) is 2.28. The van der Waals surface area contributed by atoms with Crippen LogP contribution in [0.2, 0.25) is 0 Å². The van der Waals surface area contributed by atoms with Gasteiger partial charge in [-0.2, -0.15) is 0 Å². The van der Waals surface area contributed by atoms with Gasteiger partial charge in [-0.05, 0) is 52.8 Å². The lowest BCUT2D eigenvalue weighted by atomic mass is 9.98. The molecule has 0 fully saturated rings. The zero-order valence-corrected chi connectivity index (χ0v) is 12.4. The second-order valence-electron chi connectivity index (χ2n) is 6.81. The van der Waals surface area contributed by atoms with E-state index in [0.717, 1.165) is 17.3 Å². The molecule has 0 aromatic heterocycles. The molecule has 0 spiro atoms. The van der Waals surface area contributed by atoms with Crippen molar-refractivity contribution in [1.29, 1.82) is 0 Å². The lowest BCUT2D eigenvalue weighted by Crippen LogP contribution is -2.31. The van der Waals surface area contributed by atoms with E-state index in [1.165, 1.54) is 39.1 Å². The number of allylic oxidation sites excluding steroid dienone is 1. The predicted molar refractivity (Wildman–Crippen MR) is 84.4 cm³/mol. The van der Waals surface area contributed by atoms with E-state index in [-0.39, 0.29) is 0 Å². The second kappa shape index (κ2) is 3.83. The van der Waals surface area contributed by atoms with Gasteiger partial charge in [-0.15, -0.1) is 0 Å². The van der Waals surface area contributed by atoms with E-state index in [4.69, 9.17) is 0 Å². The summed E-state index contributed by atoms with van der Waals surface area (Å²) < 4.78 is 0.896. The Morgan fingerprint density at radius 2 is 1.60 bits per heavy atom. The molecule has 2 aromatic rings. The third-order valence-electron chi connectivity index (χ3n) is 4.53. The predicted octanol–water partition coefficient (Wildman–Crippen LogP) is 3.86. The summed E-state index contributed by atoms with van der Waals surface area (Å²) in [4.78, 5) is 0. The first kappa shape index (κ1) is 11.9. The standard InChI is InChI=1S/C19H20N/c1-20(2,3)19-9-8-14-11-15-10-13-6-4-5-7-16(13)17(15)12-18(14)19/h4-7,9,11-12H,8,10H2,1-3H3/q+1. The summed E-state index contributed by atoms with van der Waals surface area (Å²) in [6.07, 6.45) is 4.58. The van der Waals surface area contributed by atoms with E-state index in [1.807, 2.05) is 0 Å². The van der Waals surface area contributed by atoms with Gasteiger partial charge < -0.3 is 0 Å². The summed E-state index contributed by atoms with van der Waals surface area (Å²) in [6.45, 7) is 0. The van der Waals surface area contributed by atoms with Gasteiger partial charge in [0.05, 0.1) is 21.1 Å². The third kappa shape index (κ3) is 1.60. The molecular weight excluding hydrogens is 242 g/mol. The highest BCUT2D eigenvalue weighted by molar-refractivity contribution is 5.82. The molecule has 2 aliphatic carbocycles.